The van der Waals surface area contributed by atoms with Gasteiger partial charge in [-0.25, -0.2) is 0 Å². The second kappa shape index (κ2) is 19.3. The van der Waals surface area contributed by atoms with E-state index < -0.39 is 0 Å². The average Bonchev–Trinajstić information content (AvgIpc) is 1.51. The minimum absolute atomic E-state index is 0.856. The van der Waals surface area contributed by atoms with Crippen molar-refractivity contribution in [1.29, 1.82) is 0 Å². The Balaban J connectivity index is 0.827. The van der Waals surface area contributed by atoms with Crippen LogP contribution >= 0.6 is 0 Å². The molecule has 6 nitrogen and oxygen atoms in total. The molecule has 0 amide bonds. The summed E-state index contributed by atoms with van der Waals surface area (Å²) in [5, 5.41) is 15.9. The van der Waals surface area contributed by atoms with E-state index in [9.17, 15) is 0 Å². The Hall–Kier alpha value is -12.9. The quantitative estimate of drug-likeness (QED) is 0.173. The smallest absolute Gasteiger partial charge is 0.136 e. The lowest BCUT2D eigenvalue weighted by Crippen LogP contribution is -1.92. The van der Waals surface area contributed by atoms with Crippen LogP contribution < -0.4 is 0 Å². The van der Waals surface area contributed by atoms with E-state index in [1.54, 1.807) is 0 Å². The number of nitrogens with zero attached hydrogens (tertiary/aromatic N) is 1. The minimum atomic E-state index is 0.856. The van der Waals surface area contributed by atoms with Crippen molar-refractivity contribution < 1.29 is 17.7 Å². The Morgan fingerprint density at radius 1 is 0.219 bits per heavy atom. The Morgan fingerprint density at radius 3 is 1.05 bits per heavy atom. The van der Waals surface area contributed by atoms with Crippen molar-refractivity contribution in [2.24, 2.45) is 0 Å². The first-order chi connectivity index (χ1) is 47.6. The molecule has 15 aromatic carbocycles. The number of fused-ring (bicyclic) bond motifs is 22. The molecule has 22 rings (SSSR count). The van der Waals surface area contributed by atoms with Crippen molar-refractivity contribution in [2.45, 2.75) is 0 Å². The average molecular weight is 1220 g/mol. The predicted molar refractivity (Wildman–Crippen MR) is 398 cm³/mol. The molecule has 6 heteroatoms. The number of hydrogen-bond donors (Lipinski definition) is 1. The zero-order valence-corrected chi connectivity index (χ0v) is 51.4. The van der Waals surface area contributed by atoms with Gasteiger partial charge in [0, 0.05) is 86.5 Å². The van der Waals surface area contributed by atoms with Crippen LogP contribution in [0.25, 0.3) is 226 Å². The number of furan rings is 4. The number of nitrogens with one attached hydrogen (secondary N) is 1. The van der Waals surface area contributed by atoms with Crippen LogP contribution in [-0.4, -0.2) is 9.38 Å². The summed E-state index contributed by atoms with van der Waals surface area (Å²) in [6.45, 7) is 0. The van der Waals surface area contributed by atoms with Gasteiger partial charge in [0.05, 0.1) is 22.1 Å². The van der Waals surface area contributed by atoms with Gasteiger partial charge in [0.15, 0.2) is 0 Å². The molecular formula is C90H50N2O4. The zero-order valence-electron chi connectivity index (χ0n) is 51.4. The number of hydrogen-bond acceptors (Lipinski definition) is 4. The first kappa shape index (κ1) is 51.7. The van der Waals surface area contributed by atoms with Gasteiger partial charge in [-0.05, 0) is 139 Å². The SMILES string of the molecule is c1ccc(-c2c3[nH]c4cc(-c5c(-c6cccc7oc8ccccc8c67)cccc5-c5cccc6oc7ccccc7c56)ccc4c3c3c4ccccc4n4c5cc(-c6c(-c7cccc8oc9ccccc9c78)cccc6-c6cccc7oc8ccccc8c67)ccc5c2c34)cc1. The molecule has 1 N–H and O–H groups in total. The van der Waals surface area contributed by atoms with E-state index in [0.717, 1.165) is 188 Å². The molecule has 0 bridgehead atoms. The van der Waals surface area contributed by atoms with Crippen LogP contribution in [0.15, 0.2) is 315 Å². The van der Waals surface area contributed by atoms with E-state index in [0.29, 0.717) is 0 Å². The second-order valence-electron chi connectivity index (χ2n) is 25.6. The molecule has 96 heavy (non-hydrogen) atoms. The lowest BCUT2D eigenvalue weighted by Gasteiger charge is -2.18. The highest BCUT2D eigenvalue weighted by Gasteiger charge is 2.30. The molecule has 0 spiro atoms. The summed E-state index contributed by atoms with van der Waals surface area (Å²) in [5.74, 6) is 0. The minimum Gasteiger partial charge on any atom is -0.456 e. The van der Waals surface area contributed by atoms with Gasteiger partial charge in [-0.2, -0.15) is 0 Å². The molecule has 22 aromatic rings. The number of benzene rings is 15. The normalized spacial score (nSPS) is 12.4. The number of aromatic amines is 1. The van der Waals surface area contributed by atoms with Gasteiger partial charge in [-0.15, -0.1) is 0 Å². The maximum Gasteiger partial charge on any atom is 0.136 e. The summed E-state index contributed by atoms with van der Waals surface area (Å²) in [5.41, 5.74) is 28.2. The van der Waals surface area contributed by atoms with Crippen LogP contribution in [0.4, 0.5) is 0 Å². The summed E-state index contributed by atoms with van der Waals surface area (Å²) in [4.78, 5) is 4.23. The maximum absolute atomic E-state index is 6.62. The third-order valence-electron chi connectivity index (χ3n) is 20.7. The van der Waals surface area contributed by atoms with Crippen LogP contribution in [-0.2, 0) is 0 Å². The first-order valence-corrected chi connectivity index (χ1v) is 32.8. The van der Waals surface area contributed by atoms with Crippen molar-refractivity contribution in [1.82, 2.24) is 9.38 Å². The molecular weight excluding hydrogens is 1170 g/mol. The maximum atomic E-state index is 6.62. The topological polar surface area (TPSA) is 72.8 Å². The number of H-pyrrole nitrogens is 1. The fourth-order valence-corrected chi connectivity index (χ4v) is 16.9. The molecule has 444 valence electrons. The highest BCUT2D eigenvalue weighted by atomic mass is 16.3. The number of rotatable bonds is 7. The molecule has 7 heterocycles. The Kier molecular flexibility index (Phi) is 10.4. The van der Waals surface area contributed by atoms with Crippen LogP contribution in [0.2, 0.25) is 0 Å². The molecule has 0 fully saturated rings. The van der Waals surface area contributed by atoms with Crippen LogP contribution in [0.5, 0.6) is 0 Å². The van der Waals surface area contributed by atoms with E-state index in [-0.39, 0.29) is 0 Å². The molecule has 0 aliphatic carbocycles. The monoisotopic (exact) mass is 1220 g/mol. The van der Waals surface area contributed by atoms with Crippen molar-refractivity contribution in [2.75, 3.05) is 0 Å². The summed E-state index contributed by atoms with van der Waals surface area (Å²) in [7, 11) is 0. The molecule has 0 atom stereocenters. The first-order valence-electron chi connectivity index (χ1n) is 32.8. The lowest BCUT2D eigenvalue weighted by molar-refractivity contribution is 0.668. The van der Waals surface area contributed by atoms with Gasteiger partial charge in [0.25, 0.3) is 0 Å². The molecule has 0 aliphatic rings. The molecule has 7 aromatic heterocycles. The Morgan fingerprint density at radius 2 is 0.583 bits per heavy atom. The van der Waals surface area contributed by atoms with E-state index in [2.05, 4.69) is 282 Å². The van der Waals surface area contributed by atoms with E-state index in [1.165, 1.54) is 38.0 Å². The molecule has 0 saturated carbocycles. The summed E-state index contributed by atoms with van der Waals surface area (Å²) in [6.07, 6.45) is 0. The van der Waals surface area contributed by atoms with Gasteiger partial charge in [0.1, 0.15) is 44.7 Å². The highest BCUT2D eigenvalue weighted by Crippen LogP contribution is 2.55. The zero-order chi connectivity index (χ0) is 62.4. The number of aromatic nitrogens is 2. The Bertz CT molecular complexity index is 6820. The van der Waals surface area contributed by atoms with Crippen molar-refractivity contribution >= 4 is 148 Å². The number of para-hydroxylation sites is 5. The fourth-order valence-electron chi connectivity index (χ4n) is 16.9. The van der Waals surface area contributed by atoms with Gasteiger partial charge in [-0.1, -0.05) is 231 Å². The predicted octanol–water partition coefficient (Wildman–Crippen LogP) is 25.7. The summed E-state index contributed by atoms with van der Waals surface area (Å²) < 4.78 is 29.0. The van der Waals surface area contributed by atoms with Gasteiger partial charge >= 0.3 is 0 Å². The van der Waals surface area contributed by atoms with E-state index >= 15 is 0 Å². The molecule has 0 aliphatic heterocycles. The van der Waals surface area contributed by atoms with Crippen LogP contribution in [0, 0.1) is 0 Å². The van der Waals surface area contributed by atoms with Gasteiger partial charge in [-0.3, -0.25) is 0 Å². The van der Waals surface area contributed by atoms with Crippen molar-refractivity contribution in [3.63, 3.8) is 0 Å². The second-order valence-corrected chi connectivity index (χ2v) is 25.6. The van der Waals surface area contributed by atoms with Crippen LogP contribution in [0.3, 0.4) is 0 Å². The lowest BCUT2D eigenvalue weighted by atomic mass is 9.85. The summed E-state index contributed by atoms with van der Waals surface area (Å²) in [6, 6.07) is 108. The van der Waals surface area contributed by atoms with Crippen molar-refractivity contribution in [3.05, 3.63) is 297 Å². The van der Waals surface area contributed by atoms with Gasteiger partial charge < -0.3 is 27.1 Å². The third-order valence-corrected chi connectivity index (χ3v) is 20.7. The standard InChI is InChI=1S/C90H50N2O4/c1-2-20-50(21-3-1)81-87-63-47-45-52(80-55(59-33-18-42-77-84(59)66-25-7-12-38-73(66)95-77)29-15-30-56(80)60-34-19-43-78-85(60)67-26-8-13-39-74(67)96-78)49-70(63)92-69-35-9-4-22-62(69)88(90(87)92)86-61-46-44-51(48-68(61)91-89(81)86)79-53(57-31-16-40-75-82(57)64-23-5-10-36-71(64)93-75)27-14-28-54(79)58-32-17-41-76-83(58)65-24-6-11-37-72(65)94-76/h1-49,91H. The van der Waals surface area contributed by atoms with Crippen molar-refractivity contribution in [3.8, 4) is 77.9 Å². The summed E-state index contributed by atoms with van der Waals surface area (Å²) >= 11 is 0. The highest BCUT2D eigenvalue weighted by molar-refractivity contribution is 6.40. The van der Waals surface area contributed by atoms with Crippen LogP contribution in [0.1, 0.15) is 0 Å². The van der Waals surface area contributed by atoms with E-state index in [1.807, 2.05) is 24.3 Å². The molecule has 0 saturated heterocycles. The van der Waals surface area contributed by atoms with E-state index in [4.69, 9.17) is 17.7 Å². The largest absolute Gasteiger partial charge is 0.456 e. The third kappa shape index (κ3) is 7.03. The fraction of sp³-hybridized carbons (Fsp3) is 0. The Labute approximate surface area is 546 Å². The molecule has 0 radical (unpaired) electrons. The molecule has 0 unspecified atom stereocenters. The van der Waals surface area contributed by atoms with Gasteiger partial charge in [0.2, 0.25) is 0 Å².